The van der Waals surface area contributed by atoms with E-state index in [4.69, 9.17) is 4.74 Å². The van der Waals surface area contributed by atoms with Gasteiger partial charge in [-0.3, -0.25) is 4.98 Å². The SMILES string of the molecule is O[C@@H]1CCCC[C@H]1Nc1nc2ccc(Oc3ccnc4ccccc34)cc2s1. The summed E-state index contributed by atoms with van der Waals surface area (Å²) >= 11 is 1.60. The Hall–Kier alpha value is -2.70. The molecule has 1 aliphatic rings. The van der Waals surface area contributed by atoms with Crippen molar-refractivity contribution in [2.45, 2.75) is 37.8 Å². The Morgan fingerprint density at radius 2 is 1.93 bits per heavy atom. The highest BCUT2D eigenvalue weighted by atomic mass is 32.1. The Kier molecular flexibility index (Phi) is 4.58. The number of fused-ring (bicyclic) bond motifs is 2. The van der Waals surface area contributed by atoms with Crippen LogP contribution in [0.4, 0.5) is 5.13 Å². The van der Waals surface area contributed by atoms with Gasteiger partial charge in [0.05, 0.1) is 27.9 Å². The van der Waals surface area contributed by atoms with Gasteiger partial charge in [0.2, 0.25) is 0 Å². The van der Waals surface area contributed by atoms with E-state index in [0.717, 1.165) is 63.4 Å². The molecule has 2 heterocycles. The quantitative estimate of drug-likeness (QED) is 0.491. The highest BCUT2D eigenvalue weighted by Gasteiger charge is 2.23. The first-order valence-electron chi connectivity index (χ1n) is 9.63. The third-order valence-electron chi connectivity index (χ3n) is 5.24. The number of pyridine rings is 1. The molecule has 1 fully saturated rings. The first-order valence-corrected chi connectivity index (χ1v) is 10.4. The lowest BCUT2D eigenvalue weighted by Gasteiger charge is -2.27. The Bertz CT molecular complexity index is 1120. The lowest BCUT2D eigenvalue weighted by Crippen LogP contribution is -2.36. The molecule has 2 N–H and O–H groups in total. The number of benzene rings is 2. The highest BCUT2D eigenvalue weighted by molar-refractivity contribution is 7.22. The van der Waals surface area contributed by atoms with Gasteiger partial charge in [0, 0.05) is 17.6 Å². The molecule has 0 amide bonds. The number of nitrogens with zero attached hydrogens (tertiary/aromatic N) is 2. The van der Waals surface area contributed by atoms with E-state index in [0.29, 0.717) is 0 Å². The molecule has 2 aromatic heterocycles. The maximum absolute atomic E-state index is 10.2. The molecule has 1 aliphatic carbocycles. The zero-order chi connectivity index (χ0) is 18.9. The van der Waals surface area contributed by atoms with Crippen molar-refractivity contribution in [3.8, 4) is 11.5 Å². The van der Waals surface area contributed by atoms with Crippen molar-refractivity contribution in [3.05, 3.63) is 54.7 Å². The number of anilines is 1. The van der Waals surface area contributed by atoms with Crippen LogP contribution in [0.1, 0.15) is 25.7 Å². The molecule has 4 aromatic rings. The number of hydrogen-bond acceptors (Lipinski definition) is 6. The number of nitrogens with one attached hydrogen (secondary N) is 1. The van der Waals surface area contributed by atoms with Crippen molar-refractivity contribution in [2.75, 3.05) is 5.32 Å². The number of ether oxygens (including phenoxy) is 1. The molecule has 5 rings (SSSR count). The molecule has 0 spiro atoms. The van der Waals surface area contributed by atoms with E-state index < -0.39 is 0 Å². The summed E-state index contributed by atoms with van der Waals surface area (Å²) < 4.78 is 7.21. The van der Waals surface area contributed by atoms with Crippen LogP contribution >= 0.6 is 11.3 Å². The van der Waals surface area contributed by atoms with E-state index in [2.05, 4.69) is 15.3 Å². The summed E-state index contributed by atoms with van der Waals surface area (Å²) in [4.78, 5) is 9.05. The minimum absolute atomic E-state index is 0.0909. The van der Waals surface area contributed by atoms with Gasteiger partial charge in [-0.25, -0.2) is 4.98 Å². The topological polar surface area (TPSA) is 67.3 Å². The second-order valence-corrected chi connectivity index (χ2v) is 8.21. The van der Waals surface area contributed by atoms with E-state index in [9.17, 15) is 5.11 Å². The average molecular weight is 391 g/mol. The molecule has 0 unspecified atom stereocenters. The van der Waals surface area contributed by atoms with Gasteiger partial charge in [-0.15, -0.1) is 0 Å². The molecular formula is C22H21N3O2S. The van der Waals surface area contributed by atoms with E-state index in [1.807, 2.05) is 48.5 Å². The predicted octanol–water partition coefficient (Wildman–Crippen LogP) is 5.35. The summed E-state index contributed by atoms with van der Waals surface area (Å²) in [6, 6.07) is 15.9. The summed E-state index contributed by atoms with van der Waals surface area (Å²) in [5.41, 5.74) is 1.85. The van der Waals surface area contributed by atoms with Crippen LogP contribution in [0.5, 0.6) is 11.5 Å². The van der Waals surface area contributed by atoms with Crippen molar-refractivity contribution in [1.29, 1.82) is 0 Å². The molecule has 142 valence electrons. The molecule has 0 bridgehead atoms. The van der Waals surface area contributed by atoms with Crippen LogP contribution < -0.4 is 10.1 Å². The Morgan fingerprint density at radius 3 is 2.86 bits per heavy atom. The highest BCUT2D eigenvalue weighted by Crippen LogP contribution is 2.34. The molecule has 1 saturated carbocycles. The van der Waals surface area contributed by atoms with Crippen LogP contribution in [-0.4, -0.2) is 27.2 Å². The van der Waals surface area contributed by atoms with E-state index in [1.54, 1.807) is 17.5 Å². The Morgan fingerprint density at radius 1 is 1.04 bits per heavy atom. The number of thiazole rings is 1. The standard InChI is InChI=1S/C22H21N3O2S/c26-19-8-4-3-7-17(19)24-22-25-18-10-9-14(13-21(18)28-22)27-20-11-12-23-16-6-2-1-5-15(16)20/h1-2,5-6,9-13,17,19,26H,3-4,7-8H2,(H,24,25)/t17-,19-/m1/s1. The second kappa shape index (κ2) is 7.37. The van der Waals surface area contributed by atoms with Crippen molar-refractivity contribution in [3.63, 3.8) is 0 Å². The van der Waals surface area contributed by atoms with E-state index in [-0.39, 0.29) is 12.1 Å². The summed E-state index contributed by atoms with van der Waals surface area (Å²) in [7, 11) is 0. The van der Waals surface area contributed by atoms with Gasteiger partial charge in [-0.2, -0.15) is 0 Å². The smallest absolute Gasteiger partial charge is 0.184 e. The molecule has 2 atom stereocenters. The predicted molar refractivity (Wildman–Crippen MR) is 113 cm³/mol. The summed E-state index contributed by atoms with van der Waals surface area (Å²) in [5.74, 6) is 1.56. The number of rotatable bonds is 4. The molecule has 5 nitrogen and oxygen atoms in total. The molecular weight excluding hydrogens is 370 g/mol. The Balaban J connectivity index is 1.40. The van der Waals surface area contributed by atoms with Crippen molar-refractivity contribution in [1.82, 2.24) is 9.97 Å². The molecule has 0 saturated heterocycles. The number of aromatic nitrogens is 2. The second-order valence-electron chi connectivity index (χ2n) is 7.18. The van der Waals surface area contributed by atoms with E-state index >= 15 is 0 Å². The summed E-state index contributed by atoms with van der Waals surface area (Å²) in [6.45, 7) is 0. The minimum Gasteiger partial charge on any atom is -0.457 e. The number of aliphatic hydroxyl groups excluding tert-OH is 1. The third-order valence-corrected chi connectivity index (χ3v) is 6.18. The van der Waals surface area contributed by atoms with Gasteiger partial charge < -0.3 is 15.2 Å². The molecule has 6 heteroatoms. The lowest BCUT2D eigenvalue weighted by molar-refractivity contribution is 0.116. The number of para-hydroxylation sites is 1. The number of aliphatic hydroxyl groups is 1. The first kappa shape index (κ1) is 17.4. The fraction of sp³-hybridized carbons (Fsp3) is 0.273. The maximum Gasteiger partial charge on any atom is 0.184 e. The van der Waals surface area contributed by atoms with Crippen LogP contribution in [0.25, 0.3) is 21.1 Å². The summed E-state index contributed by atoms with van der Waals surface area (Å²) in [5, 5.41) is 15.5. The largest absolute Gasteiger partial charge is 0.457 e. The van der Waals surface area contributed by atoms with E-state index in [1.165, 1.54) is 0 Å². The van der Waals surface area contributed by atoms with Crippen molar-refractivity contribution >= 4 is 37.6 Å². The normalized spacial score (nSPS) is 19.8. The monoisotopic (exact) mass is 391 g/mol. The molecule has 2 aromatic carbocycles. The minimum atomic E-state index is -0.292. The fourth-order valence-corrected chi connectivity index (χ4v) is 4.71. The zero-order valence-corrected chi connectivity index (χ0v) is 16.2. The maximum atomic E-state index is 10.2. The third kappa shape index (κ3) is 3.41. The fourth-order valence-electron chi connectivity index (χ4n) is 3.75. The van der Waals surface area contributed by atoms with Crippen molar-refractivity contribution in [2.24, 2.45) is 0 Å². The van der Waals surface area contributed by atoms with Gasteiger partial charge in [-0.1, -0.05) is 36.3 Å². The molecule has 0 radical (unpaired) electrons. The van der Waals surface area contributed by atoms with Crippen LogP contribution in [0.3, 0.4) is 0 Å². The zero-order valence-electron chi connectivity index (χ0n) is 15.3. The average Bonchev–Trinajstić information content (AvgIpc) is 3.12. The molecule has 0 aliphatic heterocycles. The Labute approximate surface area is 167 Å². The van der Waals surface area contributed by atoms with Crippen molar-refractivity contribution < 1.29 is 9.84 Å². The summed E-state index contributed by atoms with van der Waals surface area (Å²) in [6.07, 6.45) is 5.57. The van der Waals surface area contributed by atoms with Gasteiger partial charge >= 0.3 is 0 Å². The number of hydrogen-bond donors (Lipinski definition) is 2. The van der Waals surface area contributed by atoms with Crippen LogP contribution in [0.15, 0.2) is 54.7 Å². The van der Waals surface area contributed by atoms with Gasteiger partial charge in [-0.05, 0) is 43.2 Å². The van der Waals surface area contributed by atoms with Crippen LogP contribution in [-0.2, 0) is 0 Å². The van der Waals surface area contributed by atoms with Gasteiger partial charge in [0.15, 0.2) is 5.13 Å². The molecule has 28 heavy (non-hydrogen) atoms. The van der Waals surface area contributed by atoms with Gasteiger partial charge in [0.25, 0.3) is 0 Å². The lowest BCUT2D eigenvalue weighted by atomic mass is 9.93. The van der Waals surface area contributed by atoms with Crippen LogP contribution in [0.2, 0.25) is 0 Å². The first-order chi connectivity index (χ1) is 13.8. The van der Waals surface area contributed by atoms with Crippen LogP contribution in [0, 0.1) is 0 Å². The van der Waals surface area contributed by atoms with Gasteiger partial charge in [0.1, 0.15) is 11.5 Å².